The Morgan fingerprint density at radius 1 is 0.807 bits per heavy atom. The summed E-state index contributed by atoms with van der Waals surface area (Å²) in [6.45, 7) is 12.3. The fraction of sp³-hybridized carbons (Fsp3) is 0.326. The molecule has 1 amide bonds. The summed E-state index contributed by atoms with van der Waals surface area (Å²) < 4.78 is 44.0. The van der Waals surface area contributed by atoms with Gasteiger partial charge in [-0.25, -0.2) is 9.18 Å². The number of nitrogens with one attached hydrogen (secondary N) is 1. The van der Waals surface area contributed by atoms with Crippen molar-refractivity contribution >= 4 is 20.0 Å². The Balaban J connectivity index is 1.41. The lowest BCUT2D eigenvalue weighted by Crippen LogP contribution is -2.53. The molecule has 6 rings (SSSR count). The molecule has 0 radical (unpaired) electrons. The fourth-order valence-corrected chi connectivity index (χ4v) is 8.28. The Kier molecular flexibility index (Phi) is 12.3. The van der Waals surface area contributed by atoms with Gasteiger partial charge in [-0.3, -0.25) is 9.36 Å². The summed E-state index contributed by atoms with van der Waals surface area (Å²) in [5.41, 5.74) is 1.70. The van der Waals surface area contributed by atoms with E-state index in [4.69, 9.17) is 18.6 Å². The summed E-state index contributed by atoms with van der Waals surface area (Å²) in [4.78, 5) is 30.7. The van der Waals surface area contributed by atoms with Gasteiger partial charge in [0.1, 0.15) is 29.1 Å². The van der Waals surface area contributed by atoms with Crippen LogP contribution in [0.1, 0.15) is 59.4 Å². The molecule has 0 saturated carbocycles. The number of carbonyl (C=O) groups is 1. The maximum absolute atomic E-state index is 17.5. The molecule has 1 aromatic heterocycles. The molecule has 9 nitrogen and oxygen atoms in total. The fourth-order valence-electron chi connectivity index (χ4n) is 6.94. The van der Waals surface area contributed by atoms with Crippen LogP contribution in [0.4, 0.5) is 10.2 Å². The first kappa shape index (κ1) is 41.3. The normalized spacial score (nSPS) is 18.5. The minimum Gasteiger partial charge on any atom is -0.497 e. The van der Waals surface area contributed by atoms with Crippen molar-refractivity contribution in [3.8, 4) is 11.5 Å². The third-order valence-electron chi connectivity index (χ3n) is 11.2. The summed E-state index contributed by atoms with van der Waals surface area (Å²) in [5, 5.41) is 2.50. The number of hydrogen-bond donors (Lipinski definition) is 1. The maximum atomic E-state index is 17.5. The Bertz CT molecular complexity index is 2170. The Labute approximate surface area is 335 Å². The first-order chi connectivity index (χ1) is 27.2. The van der Waals surface area contributed by atoms with E-state index in [2.05, 4.69) is 44.2 Å². The van der Waals surface area contributed by atoms with Gasteiger partial charge in [0, 0.05) is 23.2 Å². The number of allylic oxidation sites excluding steroid dienone is 1. The van der Waals surface area contributed by atoms with E-state index in [1.165, 1.54) is 4.57 Å². The lowest BCUT2D eigenvalue weighted by Gasteiger charge is -2.45. The van der Waals surface area contributed by atoms with Crippen molar-refractivity contribution in [2.45, 2.75) is 69.7 Å². The van der Waals surface area contributed by atoms with Crippen molar-refractivity contribution in [1.29, 1.82) is 0 Å². The second-order valence-electron chi connectivity index (χ2n) is 15.9. The number of benzene rings is 4. The molecule has 0 saturated heterocycles. The number of carbonyl (C=O) groups excluding carboxylic acids is 1. The van der Waals surface area contributed by atoms with Crippen LogP contribution in [0.15, 0.2) is 132 Å². The van der Waals surface area contributed by atoms with E-state index in [0.29, 0.717) is 22.6 Å². The standard InChI is InChI=1S/C46H52FN3O6Si/c1-31-29-50(44(52)49-42(31)48-43(51)32-15-11-9-12-16-32)39-28-19-33(41(40(39)47)56-57(7,8)45(2,3)4)30-55-46(34-17-13-10-14-18-34,35-20-24-37(53-5)25-21-35)36-22-26-38(54-6)27-23-36/h9-29,33,39-41H,30H2,1-8H3,(H,48,49,51,52)/t33-,39-,40+,41-/m1/s1. The van der Waals surface area contributed by atoms with Crippen molar-refractivity contribution in [2.24, 2.45) is 5.92 Å². The SMILES string of the molecule is COc1ccc(C(OC[C@H]2C=C[C@@H](n3cc(C)c(NC(=O)c4ccccc4)nc3=O)[C@H](F)[C@@H]2O[Si](C)(C)C(C)(C)C)(c2ccccc2)c2ccc(OC)cc2)cc1. The van der Waals surface area contributed by atoms with Gasteiger partial charge in [0.2, 0.25) is 0 Å². The number of hydrogen-bond acceptors (Lipinski definition) is 7. The Hall–Kier alpha value is -5.36. The van der Waals surface area contributed by atoms with Gasteiger partial charge in [0.15, 0.2) is 8.32 Å². The number of rotatable bonds is 13. The molecule has 0 spiro atoms. The zero-order valence-electron chi connectivity index (χ0n) is 33.9. The predicted octanol–water partition coefficient (Wildman–Crippen LogP) is 9.29. The summed E-state index contributed by atoms with van der Waals surface area (Å²) in [6, 6.07) is 33.1. The molecule has 4 aromatic carbocycles. The van der Waals surface area contributed by atoms with Crippen LogP contribution in [-0.2, 0) is 14.8 Å². The zero-order chi connectivity index (χ0) is 41.0. The molecule has 1 aliphatic carbocycles. The van der Waals surface area contributed by atoms with E-state index >= 15 is 4.39 Å². The van der Waals surface area contributed by atoms with Gasteiger partial charge >= 0.3 is 5.69 Å². The first-order valence-electron chi connectivity index (χ1n) is 19.1. The van der Waals surface area contributed by atoms with E-state index in [-0.39, 0.29) is 17.5 Å². The molecule has 1 heterocycles. The van der Waals surface area contributed by atoms with Gasteiger partial charge < -0.3 is 24.0 Å². The van der Waals surface area contributed by atoms with Crippen molar-refractivity contribution in [3.05, 3.63) is 166 Å². The average molecular weight is 790 g/mol. The molecule has 298 valence electrons. The molecule has 4 atom stereocenters. The van der Waals surface area contributed by atoms with E-state index in [1.54, 1.807) is 57.7 Å². The number of aromatic nitrogens is 2. The predicted molar refractivity (Wildman–Crippen MR) is 225 cm³/mol. The van der Waals surface area contributed by atoms with Gasteiger partial charge in [-0.05, 0) is 78.1 Å². The van der Waals surface area contributed by atoms with Crippen LogP contribution in [0.25, 0.3) is 0 Å². The molecule has 0 fully saturated rings. The number of anilines is 1. The van der Waals surface area contributed by atoms with Crippen LogP contribution < -0.4 is 20.5 Å². The van der Waals surface area contributed by atoms with Crippen LogP contribution in [0.3, 0.4) is 0 Å². The number of halogens is 1. The zero-order valence-corrected chi connectivity index (χ0v) is 34.9. The van der Waals surface area contributed by atoms with Crippen molar-refractivity contribution < 1.29 is 27.8 Å². The van der Waals surface area contributed by atoms with Crippen molar-refractivity contribution in [2.75, 3.05) is 26.1 Å². The van der Waals surface area contributed by atoms with Crippen LogP contribution >= 0.6 is 0 Å². The third-order valence-corrected chi connectivity index (χ3v) is 15.7. The topological polar surface area (TPSA) is 101 Å². The molecule has 57 heavy (non-hydrogen) atoms. The summed E-state index contributed by atoms with van der Waals surface area (Å²) in [7, 11) is 0.667. The highest BCUT2D eigenvalue weighted by atomic mass is 28.4. The number of aryl methyl sites for hydroxylation is 1. The lowest BCUT2D eigenvalue weighted by atomic mass is 9.79. The molecule has 0 bridgehead atoms. The van der Waals surface area contributed by atoms with Gasteiger partial charge in [0.25, 0.3) is 5.91 Å². The summed E-state index contributed by atoms with van der Waals surface area (Å²) in [5.74, 6) is 0.581. The highest BCUT2D eigenvalue weighted by Gasteiger charge is 2.48. The molecule has 1 aliphatic rings. The Morgan fingerprint density at radius 2 is 1.33 bits per heavy atom. The highest BCUT2D eigenvalue weighted by Crippen LogP contribution is 2.45. The van der Waals surface area contributed by atoms with Gasteiger partial charge in [-0.2, -0.15) is 4.98 Å². The minimum atomic E-state index is -2.59. The van der Waals surface area contributed by atoms with Crippen molar-refractivity contribution in [3.63, 3.8) is 0 Å². The number of ether oxygens (including phenoxy) is 3. The number of alkyl halides is 1. The lowest BCUT2D eigenvalue weighted by molar-refractivity contribution is -0.0479. The molecule has 11 heteroatoms. The van der Waals surface area contributed by atoms with E-state index < -0.39 is 49.8 Å². The van der Waals surface area contributed by atoms with E-state index in [1.807, 2.05) is 91.0 Å². The van der Waals surface area contributed by atoms with E-state index in [9.17, 15) is 9.59 Å². The minimum absolute atomic E-state index is 0.0759. The Morgan fingerprint density at radius 3 is 1.86 bits per heavy atom. The largest absolute Gasteiger partial charge is 0.497 e. The van der Waals surface area contributed by atoms with Crippen LogP contribution in [0.2, 0.25) is 18.1 Å². The highest BCUT2D eigenvalue weighted by molar-refractivity contribution is 6.74. The second kappa shape index (κ2) is 17.0. The smallest absolute Gasteiger partial charge is 0.350 e. The summed E-state index contributed by atoms with van der Waals surface area (Å²) >= 11 is 0. The van der Waals surface area contributed by atoms with Crippen LogP contribution in [-0.4, -0.2) is 56.9 Å². The molecular formula is C46H52FN3O6Si. The maximum Gasteiger partial charge on any atom is 0.350 e. The van der Waals surface area contributed by atoms with Crippen molar-refractivity contribution in [1.82, 2.24) is 9.55 Å². The molecule has 1 N–H and O–H groups in total. The van der Waals surface area contributed by atoms with Crippen LogP contribution in [0, 0.1) is 12.8 Å². The molecule has 0 aliphatic heterocycles. The van der Waals surface area contributed by atoms with Gasteiger partial charge in [-0.1, -0.05) is 106 Å². The van der Waals surface area contributed by atoms with E-state index in [0.717, 1.165) is 16.7 Å². The molecule has 0 unspecified atom stereocenters. The summed E-state index contributed by atoms with van der Waals surface area (Å²) in [6.07, 6.45) is 2.55. The average Bonchev–Trinajstić information content (AvgIpc) is 3.21. The third kappa shape index (κ3) is 8.66. The number of nitrogens with zero attached hydrogens (tertiary/aromatic N) is 2. The molecular weight excluding hydrogens is 738 g/mol. The first-order valence-corrected chi connectivity index (χ1v) is 22.0. The van der Waals surface area contributed by atoms with Gasteiger partial charge in [-0.15, -0.1) is 0 Å². The van der Waals surface area contributed by atoms with Gasteiger partial charge in [0.05, 0.1) is 33.0 Å². The molecule has 5 aromatic rings. The number of amides is 1. The monoisotopic (exact) mass is 789 g/mol. The van der Waals surface area contributed by atoms with Crippen LogP contribution in [0.5, 0.6) is 11.5 Å². The second-order valence-corrected chi connectivity index (χ2v) is 20.7. The quantitative estimate of drug-likeness (QED) is 0.0721. The number of methoxy groups -OCH3 is 2.